The fourth-order valence-electron chi connectivity index (χ4n) is 3.66. The standard InChI is InChI=1S/C21H25N3O3/c1-16-4-2-3-5-17(16)15-23-18-6-9-22-19(14-18)20(25)24-10-7-21(8-11-24)26-12-13-27-21/h2-6,9,14H,7-8,10-13,15H2,1H3,(H,22,23). The zero-order chi connectivity index (χ0) is 18.7. The summed E-state index contributed by atoms with van der Waals surface area (Å²) in [5.41, 5.74) is 3.84. The minimum Gasteiger partial charge on any atom is -0.381 e. The maximum atomic E-state index is 12.8. The number of carbonyl (C=O) groups excluding carboxylic acids is 1. The molecular weight excluding hydrogens is 342 g/mol. The summed E-state index contributed by atoms with van der Waals surface area (Å²) in [6.07, 6.45) is 3.11. The SMILES string of the molecule is Cc1ccccc1CNc1ccnc(C(=O)N2CCC3(CC2)OCCO3)c1. The van der Waals surface area contributed by atoms with Crippen molar-refractivity contribution in [3.63, 3.8) is 0 Å². The van der Waals surface area contributed by atoms with Crippen LogP contribution < -0.4 is 5.32 Å². The Balaban J connectivity index is 1.38. The Morgan fingerprint density at radius 1 is 1.19 bits per heavy atom. The van der Waals surface area contributed by atoms with Gasteiger partial charge in [0.25, 0.3) is 5.91 Å². The van der Waals surface area contributed by atoms with Crippen molar-refractivity contribution >= 4 is 11.6 Å². The van der Waals surface area contributed by atoms with E-state index in [4.69, 9.17) is 9.47 Å². The summed E-state index contributed by atoms with van der Waals surface area (Å²) in [7, 11) is 0. The lowest BCUT2D eigenvalue weighted by atomic mass is 10.0. The molecule has 0 bridgehead atoms. The molecule has 2 aromatic rings. The molecule has 2 fully saturated rings. The molecule has 1 N–H and O–H groups in total. The second kappa shape index (κ2) is 7.66. The topological polar surface area (TPSA) is 63.7 Å². The number of carbonyl (C=O) groups is 1. The number of aryl methyl sites for hydroxylation is 1. The molecule has 1 spiro atoms. The maximum absolute atomic E-state index is 12.8. The third kappa shape index (κ3) is 3.96. The summed E-state index contributed by atoms with van der Waals surface area (Å²) in [4.78, 5) is 19.0. The van der Waals surface area contributed by atoms with Gasteiger partial charge in [0.05, 0.1) is 13.2 Å². The van der Waals surface area contributed by atoms with E-state index in [0.717, 1.165) is 5.69 Å². The second-order valence-electron chi connectivity index (χ2n) is 7.11. The Morgan fingerprint density at radius 2 is 1.93 bits per heavy atom. The summed E-state index contributed by atoms with van der Waals surface area (Å²) >= 11 is 0. The highest BCUT2D eigenvalue weighted by molar-refractivity contribution is 5.93. The number of ether oxygens (including phenoxy) is 2. The van der Waals surface area contributed by atoms with Crippen LogP contribution in [-0.4, -0.2) is 47.9 Å². The van der Waals surface area contributed by atoms with Gasteiger partial charge in [-0.25, -0.2) is 0 Å². The van der Waals surface area contributed by atoms with Crippen LogP contribution in [0.3, 0.4) is 0 Å². The van der Waals surface area contributed by atoms with Crippen LogP contribution in [0.5, 0.6) is 0 Å². The summed E-state index contributed by atoms with van der Waals surface area (Å²) in [6.45, 7) is 5.35. The molecule has 0 unspecified atom stereocenters. The first kappa shape index (κ1) is 17.9. The largest absolute Gasteiger partial charge is 0.381 e. The Hall–Kier alpha value is -2.44. The van der Waals surface area contributed by atoms with Crippen LogP contribution in [0, 0.1) is 6.92 Å². The molecule has 0 atom stereocenters. The van der Waals surface area contributed by atoms with E-state index in [0.29, 0.717) is 51.4 Å². The van der Waals surface area contributed by atoms with Gasteiger partial charge in [-0.15, -0.1) is 0 Å². The molecule has 0 radical (unpaired) electrons. The fourth-order valence-corrected chi connectivity index (χ4v) is 3.66. The van der Waals surface area contributed by atoms with E-state index in [9.17, 15) is 4.79 Å². The van der Waals surface area contributed by atoms with Crippen molar-refractivity contribution in [1.82, 2.24) is 9.88 Å². The number of rotatable bonds is 4. The summed E-state index contributed by atoms with van der Waals surface area (Å²) in [5, 5.41) is 3.39. The van der Waals surface area contributed by atoms with Crippen LogP contribution >= 0.6 is 0 Å². The first-order valence-corrected chi connectivity index (χ1v) is 9.47. The summed E-state index contributed by atoms with van der Waals surface area (Å²) in [5.74, 6) is -0.511. The van der Waals surface area contributed by atoms with Crippen molar-refractivity contribution in [2.45, 2.75) is 32.1 Å². The van der Waals surface area contributed by atoms with Gasteiger partial charge in [-0.1, -0.05) is 24.3 Å². The number of hydrogen-bond acceptors (Lipinski definition) is 5. The number of pyridine rings is 1. The molecule has 0 aliphatic carbocycles. The molecule has 1 amide bonds. The Morgan fingerprint density at radius 3 is 2.67 bits per heavy atom. The normalized spacial score (nSPS) is 18.6. The molecule has 2 saturated heterocycles. The number of benzene rings is 1. The van der Waals surface area contributed by atoms with Crippen molar-refractivity contribution < 1.29 is 14.3 Å². The Labute approximate surface area is 159 Å². The van der Waals surface area contributed by atoms with Gasteiger partial charge < -0.3 is 19.7 Å². The highest BCUT2D eigenvalue weighted by Gasteiger charge is 2.41. The molecule has 4 rings (SSSR count). The maximum Gasteiger partial charge on any atom is 0.272 e. The zero-order valence-electron chi connectivity index (χ0n) is 15.6. The Kier molecular flexibility index (Phi) is 5.09. The van der Waals surface area contributed by atoms with E-state index in [1.807, 2.05) is 29.2 Å². The molecule has 27 heavy (non-hydrogen) atoms. The number of amides is 1. The number of anilines is 1. The third-order valence-electron chi connectivity index (χ3n) is 5.35. The zero-order valence-corrected chi connectivity index (χ0v) is 15.6. The van der Waals surface area contributed by atoms with Crippen LogP contribution in [0.15, 0.2) is 42.6 Å². The second-order valence-corrected chi connectivity index (χ2v) is 7.11. The van der Waals surface area contributed by atoms with Gasteiger partial charge in [0.15, 0.2) is 5.79 Å². The number of aromatic nitrogens is 1. The molecule has 1 aromatic carbocycles. The number of likely N-dealkylation sites (tertiary alicyclic amines) is 1. The number of piperidine rings is 1. The van der Waals surface area contributed by atoms with E-state index < -0.39 is 5.79 Å². The molecule has 142 valence electrons. The number of nitrogens with one attached hydrogen (secondary N) is 1. The molecule has 6 heteroatoms. The van der Waals surface area contributed by atoms with Crippen molar-refractivity contribution in [3.05, 3.63) is 59.4 Å². The van der Waals surface area contributed by atoms with Crippen molar-refractivity contribution in [2.75, 3.05) is 31.6 Å². The van der Waals surface area contributed by atoms with Crippen molar-refractivity contribution in [3.8, 4) is 0 Å². The highest BCUT2D eigenvalue weighted by atomic mass is 16.7. The lowest BCUT2D eigenvalue weighted by molar-refractivity contribution is -0.181. The van der Waals surface area contributed by atoms with Gasteiger partial charge in [0.1, 0.15) is 5.69 Å². The quantitative estimate of drug-likeness (QED) is 0.900. The monoisotopic (exact) mass is 367 g/mol. The third-order valence-corrected chi connectivity index (χ3v) is 5.35. The summed E-state index contributed by atoms with van der Waals surface area (Å²) < 4.78 is 11.5. The first-order valence-electron chi connectivity index (χ1n) is 9.47. The first-order chi connectivity index (χ1) is 13.2. The lowest BCUT2D eigenvalue weighted by Crippen LogP contribution is -2.47. The molecule has 0 saturated carbocycles. The van der Waals surface area contributed by atoms with Crippen LogP contribution in [0.25, 0.3) is 0 Å². The predicted molar refractivity (Wildman–Crippen MR) is 103 cm³/mol. The average Bonchev–Trinajstić information content (AvgIpc) is 3.16. The van der Waals surface area contributed by atoms with Crippen molar-refractivity contribution in [2.24, 2.45) is 0 Å². The molecule has 2 aliphatic rings. The van der Waals surface area contributed by atoms with Gasteiger partial charge >= 0.3 is 0 Å². The number of hydrogen-bond donors (Lipinski definition) is 1. The molecule has 6 nitrogen and oxygen atoms in total. The van der Waals surface area contributed by atoms with Crippen molar-refractivity contribution in [1.29, 1.82) is 0 Å². The van der Waals surface area contributed by atoms with E-state index in [2.05, 4.69) is 29.4 Å². The molecular formula is C21H25N3O3. The van der Waals surface area contributed by atoms with E-state index in [-0.39, 0.29) is 5.91 Å². The summed E-state index contributed by atoms with van der Waals surface area (Å²) in [6, 6.07) is 12.0. The van der Waals surface area contributed by atoms with Gasteiger partial charge in [0.2, 0.25) is 0 Å². The van der Waals surface area contributed by atoms with Gasteiger partial charge in [0, 0.05) is 44.4 Å². The minimum absolute atomic E-state index is 0.0395. The van der Waals surface area contributed by atoms with Crippen LogP contribution in [0.1, 0.15) is 34.5 Å². The minimum atomic E-state index is -0.471. The average molecular weight is 367 g/mol. The van der Waals surface area contributed by atoms with Crippen LogP contribution in [0.4, 0.5) is 5.69 Å². The van der Waals surface area contributed by atoms with Gasteiger partial charge in [-0.05, 0) is 30.2 Å². The smallest absolute Gasteiger partial charge is 0.272 e. The van der Waals surface area contributed by atoms with E-state index in [1.54, 1.807) is 6.20 Å². The Bertz CT molecular complexity index is 808. The van der Waals surface area contributed by atoms with Gasteiger partial charge in [-0.2, -0.15) is 0 Å². The molecule has 3 heterocycles. The fraction of sp³-hybridized carbons (Fsp3) is 0.429. The predicted octanol–water partition coefficient (Wildman–Crippen LogP) is 2.98. The van der Waals surface area contributed by atoms with E-state index >= 15 is 0 Å². The lowest BCUT2D eigenvalue weighted by Gasteiger charge is -2.37. The van der Waals surface area contributed by atoms with Gasteiger partial charge in [-0.3, -0.25) is 9.78 Å². The van der Waals surface area contributed by atoms with Crippen LogP contribution in [-0.2, 0) is 16.0 Å². The number of nitrogens with zero attached hydrogens (tertiary/aromatic N) is 2. The molecule has 1 aromatic heterocycles. The van der Waals surface area contributed by atoms with E-state index in [1.165, 1.54) is 11.1 Å². The highest BCUT2D eigenvalue weighted by Crippen LogP contribution is 2.31. The molecule has 2 aliphatic heterocycles. The van der Waals surface area contributed by atoms with Crippen LogP contribution in [0.2, 0.25) is 0 Å².